The summed E-state index contributed by atoms with van der Waals surface area (Å²) in [5, 5.41) is 9.19. The van der Waals surface area contributed by atoms with Gasteiger partial charge < -0.3 is 5.32 Å². The third-order valence-corrected chi connectivity index (χ3v) is 3.66. The molecule has 0 aliphatic heterocycles. The number of aromatic nitrogens is 1. The van der Waals surface area contributed by atoms with Crippen molar-refractivity contribution in [1.29, 1.82) is 0 Å². The molecule has 1 fully saturated rings. The van der Waals surface area contributed by atoms with Crippen LogP contribution < -0.4 is 10.6 Å². The lowest BCUT2D eigenvalue weighted by Gasteiger charge is -2.10. The second-order valence-electron chi connectivity index (χ2n) is 4.27. The highest BCUT2D eigenvalue weighted by Crippen LogP contribution is 2.19. The molecule has 1 atom stereocenters. The van der Waals surface area contributed by atoms with Crippen LogP contribution in [0, 0.1) is 6.92 Å². The van der Waals surface area contributed by atoms with Crippen LogP contribution in [0.5, 0.6) is 0 Å². The number of nitrogens with one attached hydrogen (secondary N) is 2. The number of carbonyl (C=O) groups is 1. The minimum Gasteiger partial charge on any atom is -0.352 e. The van der Waals surface area contributed by atoms with E-state index >= 15 is 0 Å². The van der Waals surface area contributed by atoms with Crippen LogP contribution in [0.15, 0.2) is 5.38 Å². The van der Waals surface area contributed by atoms with E-state index < -0.39 is 0 Å². The molecule has 1 aliphatic rings. The predicted molar refractivity (Wildman–Crippen MR) is 64.4 cm³/mol. The van der Waals surface area contributed by atoms with Gasteiger partial charge in [0.1, 0.15) is 5.01 Å². The van der Waals surface area contributed by atoms with Crippen LogP contribution in [0.1, 0.15) is 36.5 Å². The molecule has 0 radical (unpaired) electrons. The molecule has 1 aliphatic carbocycles. The van der Waals surface area contributed by atoms with Crippen molar-refractivity contribution in [2.75, 3.05) is 6.54 Å². The van der Waals surface area contributed by atoms with Crippen molar-refractivity contribution in [1.82, 2.24) is 15.6 Å². The van der Waals surface area contributed by atoms with Gasteiger partial charge in [-0.15, -0.1) is 11.3 Å². The van der Waals surface area contributed by atoms with Crippen LogP contribution in [0.2, 0.25) is 0 Å². The number of thiazole rings is 1. The minimum atomic E-state index is 0.0858. The first kappa shape index (κ1) is 11.5. The number of hydrogen-bond donors (Lipinski definition) is 2. The highest BCUT2D eigenvalue weighted by Gasteiger charge is 2.23. The smallest absolute Gasteiger partial charge is 0.234 e. The number of nitrogens with zero attached hydrogens (tertiary/aromatic N) is 1. The topological polar surface area (TPSA) is 54.0 Å². The lowest BCUT2D eigenvalue weighted by atomic mass is 10.3. The second kappa shape index (κ2) is 4.93. The fraction of sp³-hybridized carbons (Fsp3) is 0.636. The van der Waals surface area contributed by atoms with Gasteiger partial charge in [-0.1, -0.05) is 0 Å². The first-order chi connectivity index (χ1) is 7.65. The summed E-state index contributed by atoms with van der Waals surface area (Å²) in [5.74, 6) is 0.0858. The quantitative estimate of drug-likeness (QED) is 0.816. The summed E-state index contributed by atoms with van der Waals surface area (Å²) >= 11 is 1.63. The first-order valence-corrected chi connectivity index (χ1v) is 6.48. The van der Waals surface area contributed by atoms with E-state index in [4.69, 9.17) is 0 Å². The van der Waals surface area contributed by atoms with E-state index in [0.717, 1.165) is 23.5 Å². The van der Waals surface area contributed by atoms with Gasteiger partial charge in [0.05, 0.1) is 12.6 Å². The summed E-state index contributed by atoms with van der Waals surface area (Å²) in [6.07, 6.45) is 2.26. The van der Waals surface area contributed by atoms with E-state index in [-0.39, 0.29) is 11.9 Å². The molecule has 1 aromatic heterocycles. The molecule has 0 aromatic carbocycles. The standard InChI is InChI=1S/C11H17N3OS/c1-7-6-16-11(13-7)8(2)12-5-10(15)14-9-3-4-9/h6,8-9,12H,3-5H2,1-2H3,(H,14,15). The van der Waals surface area contributed by atoms with Gasteiger partial charge in [0, 0.05) is 17.1 Å². The molecule has 0 bridgehead atoms. The monoisotopic (exact) mass is 239 g/mol. The third kappa shape index (κ3) is 3.28. The summed E-state index contributed by atoms with van der Waals surface area (Å²) in [6.45, 7) is 4.38. The van der Waals surface area contributed by atoms with E-state index in [2.05, 4.69) is 15.6 Å². The molecular formula is C11H17N3OS. The fourth-order valence-corrected chi connectivity index (χ4v) is 2.24. The van der Waals surface area contributed by atoms with Crippen molar-refractivity contribution in [3.8, 4) is 0 Å². The SMILES string of the molecule is Cc1csc(C(C)NCC(=O)NC2CC2)n1. The van der Waals surface area contributed by atoms with Gasteiger partial charge in [0.15, 0.2) is 0 Å². The highest BCUT2D eigenvalue weighted by atomic mass is 32.1. The first-order valence-electron chi connectivity index (χ1n) is 5.60. The number of hydrogen-bond acceptors (Lipinski definition) is 4. The Morgan fingerprint density at radius 1 is 1.69 bits per heavy atom. The maximum absolute atomic E-state index is 11.4. The van der Waals surface area contributed by atoms with Crippen LogP contribution >= 0.6 is 11.3 Å². The fourth-order valence-electron chi connectivity index (χ4n) is 1.41. The van der Waals surface area contributed by atoms with Gasteiger partial charge in [-0.25, -0.2) is 4.98 Å². The van der Waals surface area contributed by atoms with Crippen molar-refractivity contribution in [3.63, 3.8) is 0 Å². The summed E-state index contributed by atoms with van der Waals surface area (Å²) in [7, 11) is 0. The zero-order valence-corrected chi connectivity index (χ0v) is 10.4. The summed E-state index contributed by atoms with van der Waals surface area (Å²) in [5.41, 5.74) is 1.04. The molecule has 1 amide bonds. The van der Waals surface area contributed by atoms with Gasteiger partial charge in [0.2, 0.25) is 5.91 Å². The molecule has 2 N–H and O–H groups in total. The predicted octanol–water partition coefficient (Wildman–Crippen LogP) is 1.38. The summed E-state index contributed by atoms with van der Waals surface area (Å²) in [4.78, 5) is 15.8. The number of aryl methyl sites for hydroxylation is 1. The lowest BCUT2D eigenvalue weighted by molar-refractivity contribution is -0.120. The van der Waals surface area contributed by atoms with Crippen LogP contribution in [0.25, 0.3) is 0 Å². The number of rotatable bonds is 5. The van der Waals surface area contributed by atoms with Gasteiger partial charge in [-0.2, -0.15) is 0 Å². The summed E-state index contributed by atoms with van der Waals surface area (Å²) < 4.78 is 0. The van der Waals surface area contributed by atoms with Crippen LogP contribution in [-0.2, 0) is 4.79 Å². The minimum absolute atomic E-state index is 0.0858. The van der Waals surface area contributed by atoms with Gasteiger partial charge in [-0.05, 0) is 26.7 Å². The maximum Gasteiger partial charge on any atom is 0.234 e. The average Bonchev–Trinajstić information content (AvgIpc) is 2.95. The average molecular weight is 239 g/mol. The van der Waals surface area contributed by atoms with Crippen LogP contribution in [0.4, 0.5) is 0 Å². The number of amides is 1. The molecule has 4 nitrogen and oxygen atoms in total. The Labute approximate surface area is 99.5 Å². The Morgan fingerprint density at radius 2 is 2.44 bits per heavy atom. The van der Waals surface area contributed by atoms with Crippen LogP contribution in [-0.4, -0.2) is 23.5 Å². The second-order valence-corrected chi connectivity index (χ2v) is 5.16. The van der Waals surface area contributed by atoms with E-state index in [1.54, 1.807) is 11.3 Å². The Kier molecular flexibility index (Phi) is 3.56. The zero-order chi connectivity index (χ0) is 11.5. The molecule has 1 heterocycles. The Hall–Kier alpha value is -0.940. The zero-order valence-electron chi connectivity index (χ0n) is 9.62. The van der Waals surface area contributed by atoms with Crippen molar-refractivity contribution in [2.24, 2.45) is 0 Å². The van der Waals surface area contributed by atoms with Crippen molar-refractivity contribution in [2.45, 2.75) is 38.8 Å². The van der Waals surface area contributed by atoms with Gasteiger partial charge >= 0.3 is 0 Å². The molecule has 0 saturated heterocycles. The molecule has 0 spiro atoms. The highest BCUT2D eigenvalue weighted by molar-refractivity contribution is 7.09. The Bertz CT molecular complexity index is 373. The normalized spacial score (nSPS) is 17.1. The van der Waals surface area contributed by atoms with Gasteiger partial charge in [-0.3, -0.25) is 10.1 Å². The maximum atomic E-state index is 11.4. The largest absolute Gasteiger partial charge is 0.352 e. The van der Waals surface area contributed by atoms with Crippen molar-refractivity contribution >= 4 is 17.2 Å². The molecule has 1 saturated carbocycles. The number of carbonyl (C=O) groups excluding carboxylic acids is 1. The van der Waals surface area contributed by atoms with E-state index in [1.807, 2.05) is 19.2 Å². The third-order valence-electron chi connectivity index (χ3n) is 2.52. The van der Waals surface area contributed by atoms with E-state index in [1.165, 1.54) is 0 Å². The van der Waals surface area contributed by atoms with Crippen molar-refractivity contribution < 1.29 is 4.79 Å². The van der Waals surface area contributed by atoms with Crippen molar-refractivity contribution in [3.05, 3.63) is 16.1 Å². The molecule has 88 valence electrons. The van der Waals surface area contributed by atoms with Gasteiger partial charge in [0.25, 0.3) is 0 Å². The molecule has 1 aromatic rings. The summed E-state index contributed by atoms with van der Waals surface area (Å²) in [6, 6.07) is 0.579. The molecule has 16 heavy (non-hydrogen) atoms. The molecule has 1 unspecified atom stereocenters. The molecule has 2 rings (SSSR count). The lowest BCUT2D eigenvalue weighted by Crippen LogP contribution is -2.36. The van der Waals surface area contributed by atoms with Crippen LogP contribution in [0.3, 0.4) is 0 Å². The Morgan fingerprint density at radius 3 is 3.00 bits per heavy atom. The Balaban J connectivity index is 1.74. The van der Waals surface area contributed by atoms with E-state index in [0.29, 0.717) is 12.6 Å². The van der Waals surface area contributed by atoms with E-state index in [9.17, 15) is 4.79 Å². The molecular weight excluding hydrogens is 222 g/mol. The molecule has 5 heteroatoms.